The third-order valence-electron chi connectivity index (χ3n) is 6.92. The Morgan fingerprint density at radius 2 is 1.80 bits per heavy atom. The molecule has 2 heterocycles. The molecular weight excluding hydrogens is 536 g/mol. The van der Waals surface area contributed by atoms with E-state index in [1.165, 1.54) is 0 Å². The highest BCUT2D eigenvalue weighted by molar-refractivity contribution is 8.14. The van der Waals surface area contributed by atoms with Crippen LogP contribution < -0.4 is 20.1 Å². The van der Waals surface area contributed by atoms with Gasteiger partial charge in [-0.1, -0.05) is 36.4 Å². The predicted molar refractivity (Wildman–Crippen MR) is 164 cm³/mol. The van der Waals surface area contributed by atoms with Crippen molar-refractivity contribution in [2.75, 3.05) is 32.6 Å². The van der Waals surface area contributed by atoms with Gasteiger partial charge in [0.2, 0.25) is 5.91 Å². The van der Waals surface area contributed by atoms with E-state index in [0.29, 0.717) is 31.6 Å². The summed E-state index contributed by atoms with van der Waals surface area (Å²) in [6.07, 6.45) is 3.39. The fraction of sp³-hybridized carbons (Fsp3) is 0.281. The summed E-state index contributed by atoms with van der Waals surface area (Å²) in [5.41, 5.74) is 4.14. The average Bonchev–Trinajstić information content (AvgIpc) is 3.69. The summed E-state index contributed by atoms with van der Waals surface area (Å²) < 4.78 is 11.2. The smallest absolute Gasteiger partial charge is 0.258 e. The number of rotatable bonds is 13. The minimum atomic E-state index is -0.319. The molecule has 4 aromatic rings. The standard InChI is InChI=1S/C32H34N4O4S/c1-39-29-9-5-2-6-22(29)12-15-30(37)35-20-25(18-24-19-34-28-8-4-3-7-27(24)28)36-31(38)21-40-26-13-10-23(11-14-26)32-33-16-17-41-32/h2-11,13-14,19,25,34H,12,15-18,20-21H2,1H3,(H,35,37)(H,36,38). The van der Waals surface area contributed by atoms with Gasteiger partial charge in [-0.05, 0) is 60.4 Å². The Bertz CT molecular complexity index is 1520. The summed E-state index contributed by atoms with van der Waals surface area (Å²) in [7, 11) is 1.63. The van der Waals surface area contributed by atoms with Crippen LogP contribution in [0.1, 0.15) is 23.1 Å². The van der Waals surface area contributed by atoms with E-state index < -0.39 is 0 Å². The summed E-state index contributed by atoms with van der Waals surface area (Å²) in [4.78, 5) is 33.5. The van der Waals surface area contributed by atoms with E-state index in [4.69, 9.17) is 9.47 Å². The van der Waals surface area contributed by atoms with Gasteiger partial charge < -0.3 is 25.1 Å². The van der Waals surface area contributed by atoms with Crippen molar-refractivity contribution < 1.29 is 19.1 Å². The number of benzene rings is 3. The average molecular weight is 571 g/mol. The molecule has 0 spiro atoms. The fourth-order valence-corrected chi connectivity index (χ4v) is 5.71. The summed E-state index contributed by atoms with van der Waals surface area (Å²) in [5.74, 6) is 2.06. The second-order valence-electron chi connectivity index (χ2n) is 9.79. The number of aliphatic imine (C=N–C) groups is 1. The highest BCUT2D eigenvalue weighted by atomic mass is 32.2. The third-order valence-corrected chi connectivity index (χ3v) is 7.95. The number of aromatic nitrogens is 1. The predicted octanol–water partition coefficient (Wildman–Crippen LogP) is 4.53. The summed E-state index contributed by atoms with van der Waals surface area (Å²) in [5, 5.41) is 8.20. The number of carbonyl (C=O) groups excluding carboxylic acids is 2. The molecule has 1 atom stereocenters. The summed E-state index contributed by atoms with van der Waals surface area (Å²) >= 11 is 1.75. The van der Waals surface area contributed by atoms with Gasteiger partial charge in [-0.15, -0.1) is 11.8 Å². The van der Waals surface area contributed by atoms with Gasteiger partial charge in [-0.2, -0.15) is 0 Å². The number of nitrogens with one attached hydrogen (secondary N) is 3. The maximum absolute atomic E-state index is 12.9. The zero-order chi connectivity index (χ0) is 28.4. The van der Waals surface area contributed by atoms with Gasteiger partial charge in [0.1, 0.15) is 11.5 Å². The first-order valence-corrected chi connectivity index (χ1v) is 14.7. The van der Waals surface area contributed by atoms with Crippen molar-refractivity contribution in [1.82, 2.24) is 15.6 Å². The van der Waals surface area contributed by atoms with Gasteiger partial charge >= 0.3 is 0 Å². The van der Waals surface area contributed by atoms with Crippen molar-refractivity contribution in [1.29, 1.82) is 0 Å². The first-order valence-electron chi connectivity index (χ1n) is 13.7. The molecule has 1 aliphatic heterocycles. The maximum atomic E-state index is 12.9. The van der Waals surface area contributed by atoms with Crippen LogP contribution in [0.2, 0.25) is 0 Å². The third kappa shape index (κ3) is 7.70. The molecule has 3 aromatic carbocycles. The zero-order valence-corrected chi connectivity index (χ0v) is 23.8. The van der Waals surface area contributed by atoms with Gasteiger partial charge in [0.05, 0.1) is 18.2 Å². The van der Waals surface area contributed by atoms with Crippen molar-refractivity contribution in [2.45, 2.75) is 25.3 Å². The van der Waals surface area contributed by atoms with E-state index >= 15 is 0 Å². The van der Waals surface area contributed by atoms with Gasteiger partial charge in [-0.25, -0.2) is 0 Å². The molecule has 8 nitrogen and oxygen atoms in total. The molecule has 0 fully saturated rings. The molecule has 1 unspecified atom stereocenters. The van der Waals surface area contributed by atoms with Crippen LogP contribution >= 0.6 is 11.8 Å². The molecule has 212 valence electrons. The summed E-state index contributed by atoms with van der Waals surface area (Å²) in [6, 6.07) is 23.0. The fourth-order valence-electron chi connectivity index (χ4n) is 4.85. The van der Waals surface area contributed by atoms with Gasteiger partial charge in [0, 0.05) is 47.9 Å². The number of nitrogens with zero attached hydrogens (tertiary/aromatic N) is 1. The lowest BCUT2D eigenvalue weighted by molar-refractivity contribution is -0.125. The van der Waals surface area contributed by atoms with Crippen molar-refractivity contribution >= 4 is 39.5 Å². The van der Waals surface area contributed by atoms with E-state index in [9.17, 15) is 9.59 Å². The van der Waals surface area contributed by atoms with E-state index in [2.05, 4.69) is 20.6 Å². The van der Waals surface area contributed by atoms with E-state index in [0.717, 1.165) is 50.7 Å². The topological polar surface area (TPSA) is 105 Å². The van der Waals surface area contributed by atoms with Crippen LogP contribution in [0.5, 0.6) is 11.5 Å². The molecule has 9 heteroatoms. The Labute approximate surface area is 243 Å². The number of carbonyl (C=O) groups is 2. The first-order chi connectivity index (χ1) is 20.1. The van der Waals surface area contributed by atoms with E-state index in [1.807, 2.05) is 79.0 Å². The second kappa shape index (κ2) is 13.9. The zero-order valence-electron chi connectivity index (χ0n) is 23.0. The number of thioether (sulfide) groups is 1. The Morgan fingerprint density at radius 3 is 2.61 bits per heavy atom. The summed E-state index contributed by atoms with van der Waals surface area (Å²) in [6.45, 7) is 1.02. The lowest BCUT2D eigenvalue weighted by Gasteiger charge is -2.20. The number of fused-ring (bicyclic) bond motifs is 1. The number of amides is 2. The Hall–Kier alpha value is -4.24. The molecule has 0 bridgehead atoms. The van der Waals surface area contributed by atoms with Crippen molar-refractivity contribution in [2.24, 2.45) is 4.99 Å². The molecule has 0 radical (unpaired) electrons. The minimum Gasteiger partial charge on any atom is -0.496 e. The Morgan fingerprint density at radius 1 is 1.00 bits per heavy atom. The number of methoxy groups -OCH3 is 1. The Kier molecular flexibility index (Phi) is 9.59. The molecular formula is C32H34N4O4S. The van der Waals surface area contributed by atoms with Crippen LogP contribution in [-0.4, -0.2) is 60.4 Å². The van der Waals surface area contributed by atoms with Crippen molar-refractivity contribution in [3.63, 3.8) is 0 Å². The number of aryl methyl sites for hydroxylation is 1. The molecule has 3 N–H and O–H groups in total. The van der Waals surface area contributed by atoms with Crippen LogP contribution in [0.15, 0.2) is 84.0 Å². The van der Waals surface area contributed by atoms with Gasteiger partial charge in [0.25, 0.3) is 5.91 Å². The largest absolute Gasteiger partial charge is 0.496 e. The number of aromatic amines is 1. The highest BCUT2D eigenvalue weighted by Crippen LogP contribution is 2.22. The van der Waals surface area contributed by atoms with Crippen LogP contribution in [0.4, 0.5) is 0 Å². The number of para-hydroxylation sites is 2. The van der Waals surface area contributed by atoms with Crippen molar-refractivity contribution in [3.8, 4) is 11.5 Å². The van der Waals surface area contributed by atoms with Crippen LogP contribution in [0, 0.1) is 0 Å². The quantitative estimate of drug-likeness (QED) is 0.219. The molecule has 5 rings (SSSR count). The molecule has 0 saturated heterocycles. The van der Waals surface area contributed by atoms with Crippen LogP contribution in [-0.2, 0) is 22.4 Å². The van der Waals surface area contributed by atoms with Crippen LogP contribution in [0.25, 0.3) is 10.9 Å². The molecule has 41 heavy (non-hydrogen) atoms. The minimum absolute atomic E-state index is 0.0875. The number of H-pyrrole nitrogens is 1. The second-order valence-corrected chi connectivity index (χ2v) is 10.9. The number of hydrogen-bond donors (Lipinski definition) is 3. The van der Waals surface area contributed by atoms with Crippen molar-refractivity contribution in [3.05, 3.63) is 95.7 Å². The molecule has 1 aliphatic rings. The number of ether oxygens (including phenoxy) is 2. The molecule has 2 amide bonds. The van der Waals surface area contributed by atoms with E-state index in [1.54, 1.807) is 18.9 Å². The first kappa shape index (κ1) is 28.3. The lowest BCUT2D eigenvalue weighted by atomic mass is 10.0. The molecule has 1 aromatic heterocycles. The monoisotopic (exact) mass is 570 g/mol. The molecule has 0 aliphatic carbocycles. The maximum Gasteiger partial charge on any atom is 0.258 e. The van der Waals surface area contributed by atoms with E-state index in [-0.39, 0.29) is 24.5 Å². The number of hydrogen-bond acceptors (Lipinski definition) is 6. The SMILES string of the molecule is COc1ccccc1CCC(=O)NCC(Cc1c[nH]c2ccccc12)NC(=O)COc1ccc(C2=NCCS2)cc1. The normalized spacial score (nSPS) is 13.4. The highest BCUT2D eigenvalue weighted by Gasteiger charge is 2.18. The molecule has 0 saturated carbocycles. The van der Waals surface area contributed by atoms with Gasteiger partial charge in [0.15, 0.2) is 6.61 Å². The van der Waals surface area contributed by atoms with Crippen LogP contribution in [0.3, 0.4) is 0 Å². The lowest BCUT2D eigenvalue weighted by Crippen LogP contribution is -2.46. The van der Waals surface area contributed by atoms with Gasteiger partial charge in [-0.3, -0.25) is 14.6 Å². The Balaban J connectivity index is 1.18.